The molecule has 0 saturated heterocycles. The number of benzene rings is 1. The smallest absolute Gasteiger partial charge is 0.352 e. The van der Waals surface area contributed by atoms with Crippen LogP contribution in [0.25, 0.3) is 0 Å². The van der Waals surface area contributed by atoms with Gasteiger partial charge in [-0.3, -0.25) is 9.55 Å². The normalized spacial score (nSPS) is 14.1. The first-order valence-corrected chi connectivity index (χ1v) is 9.75. The minimum absolute atomic E-state index is 0.155. The van der Waals surface area contributed by atoms with Crippen molar-refractivity contribution in [2.75, 3.05) is 11.9 Å². The van der Waals surface area contributed by atoms with Crippen molar-refractivity contribution >= 4 is 5.82 Å². The van der Waals surface area contributed by atoms with Crippen molar-refractivity contribution in [3.05, 3.63) is 64.0 Å². The number of hydrogen-bond acceptors (Lipinski definition) is 8. The van der Waals surface area contributed by atoms with Crippen LogP contribution < -0.4 is 20.1 Å². The third-order valence-electron chi connectivity index (χ3n) is 5.29. The van der Waals surface area contributed by atoms with Crippen molar-refractivity contribution in [1.29, 1.82) is 5.26 Å². The predicted molar refractivity (Wildman–Crippen MR) is 113 cm³/mol. The maximum atomic E-state index is 12.4. The number of anilines is 1. The number of hydrogen-bond donors (Lipinski definition) is 0. The molecule has 0 N–H and O–H groups in total. The first kappa shape index (κ1) is 20.3. The van der Waals surface area contributed by atoms with Gasteiger partial charge in [0.15, 0.2) is 0 Å². The van der Waals surface area contributed by atoms with Gasteiger partial charge in [-0.05, 0) is 38.5 Å². The molecular weight excluding hydrogens is 396 g/mol. The molecule has 4 rings (SSSR count). The number of nitriles is 1. The molecule has 0 spiro atoms. The Bertz CT molecular complexity index is 1230. The zero-order valence-corrected chi connectivity index (χ0v) is 17.8. The maximum absolute atomic E-state index is 12.4. The molecule has 1 aromatic carbocycles. The summed E-state index contributed by atoms with van der Waals surface area (Å²) in [7, 11) is 1.94. The summed E-state index contributed by atoms with van der Waals surface area (Å²) >= 11 is 0. The van der Waals surface area contributed by atoms with Crippen molar-refractivity contribution in [2.24, 2.45) is 0 Å². The van der Waals surface area contributed by atoms with Gasteiger partial charge >= 0.3 is 5.69 Å². The van der Waals surface area contributed by atoms with Gasteiger partial charge in [-0.1, -0.05) is 6.07 Å². The first-order chi connectivity index (χ1) is 14.8. The van der Waals surface area contributed by atoms with E-state index in [1.54, 1.807) is 35.0 Å². The molecule has 2 aromatic heterocycles. The molecule has 0 atom stereocenters. The van der Waals surface area contributed by atoms with Crippen LogP contribution in [0, 0.1) is 18.3 Å². The van der Waals surface area contributed by atoms with Crippen LogP contribution in [0.2, 0.25) is 0 Å². The fourth-order valence-electron chi connectivity index (χ4n) is 3.32. The summed E-state index contributed by atoms with van der Waals surface area (Å²) in [6.45, 7) is 6.69. The highest BCUT2D eigenvalue weighted by molar-refractivity contribution is 5.48. The number of ether oxygens (including phenoxy) is 2. The molecule has 3 heterocycles. The number of fused-ring (bicyclic) bond motifs is 1. The molecule has 0 radical (unpaired) electrons. The number of rotatable bonds is 5. The lowest BCUT2D eigenvalue weighted by atomic mass is 10.1. The Hall–Kier alpha value is -3.93. The van der Waals surface area contributed by atoms with Crippen LogP contribution in [0.1, 0.15) is 30.7 Å². The zero-order valence-electron chi connectivity index (χ0n) is 17.8. The van der Waals surface area contributed by atoms with Crippen LogP contribution in [0.5, 0.6) is 17.5 Å². The Morgan fingerprint density at radius 2 is 2.00 bits per heavy atom. The van der Waals surface area contributed by atoms with E-state index in [2.05, 4.69) is 34.9 Å². The quantitative estimate of drug-likeness (QED) is 0.623. The lowest BCUT2D eigenvalue weighted by Crippen LogP contribution is -2.38. The van der Waals surface area contributed by atoms with Crippen LogP contribution >= 0.6 is 0 Å². The largest absolute Gasteiger partial charge is 0.473 e. The zero-order chi connectivity index (χ0) is 22.2. The lowest BCUT2D eigenvalue weighted by molar-refractivity contribution is 0.291. The number of likely N-dealkylation sites (N-methyl/N-ethyl adjacent to an activating group) is 1. The minimum atomic E-state index is -0.342. The number of nitrogens with zero attached hydrogens (tertiary/aromatic N) is 6. The number of aryl methyl sites for hydroxylation is 1. The second kappa shape index (κ2) is 7.72. The van der Waals surface area contributed by atoms with Crippen molar-refractivity contribution in [3.63, 3.8) is 0 Å². The first-order valence-electron chi connectivity index (χ1n) is 9.75. The standard InChI is InChI=1S/C22H22N6O3/c1-14-10-25-19(11-24-14)31-17-6-5-15(7-16(17)9-23)12-30-18-8-20-27(4)22(2,3)13-28(20)21(29)26-18/h5-8,10-11H,12-13H2,1-4H3. The van der Waals surface area contributed by atoms with Crippen molar-refractivity contribution < 1.29 is 9.47 Å². The third-order valence-corrected chi connectivity index (χ3v) is 5.29. The Morgan fingerprint density at radius 1 is 1.19 bits per heavy atom. The van der Waals surface area contributed by atoms with Gasteiger partial charge in [0.1, 0.15) is 24.2 Å². The summed E-state index contributed by atoms with van der Waals surface area (Å²) in [6, 6.07) is 9.02. The Balaban J connectivity index is 1.50. The highest BCUT2D eigenvalue weighted by atomic mass is 16.5. The summed E-state index contributed by atoms with van der Waals surface area (Å²) in [4.78, 5) is 26.7. The molecule has 1 aliphatic rings. The van der Waals surface area contributed by atoms with Gasteiger partial charge in [0.05, 0.1) is 35.7 Å². The van der Waals surface area contributed by atoms with Gasteiger partial charge < -0.3 is 14.4 Å². The van der Waals surface area contributed by atoms with E-state index in [1.165, 1.54) is 6.20 Å². The third kappa shape index (κ3) is 4.05. The Labute approximate surface area is 179 Å². The molecule has 31 heavy (non-hydrogen) atoms. The molecule has 0 amide bonds. The minimum Gasteiger partial charge on any atom is -0.473 e. The van der Waals surface area contributed by atoms with E-state index in [1.807, 2.05) is 18.9 Å². The molecule has 0 unspecified atom stereocenters. The second-order valence-electron chi connectivity index (χ2n) is 8.02. The van der Waals surface area contributed by atoms with Gasteiger partial charge in [0.2, 0.25) is 11.8 Å². The van der Waals surface area contributed by atoms with Gasteiger partial charge in [0, 0.05) is 13.1 Å². The summed E-state index contributed by atoms with van der Waals surface area (Å²) in [5, 5.41) is 9.50. The molecule has 0 aliphatic carbocycles. The van der Waals surface area contributed by atoms with Gasteiger partial charge in [-0.25, -0.2) is 9.78 Å². The van der Waals surface area contributed by atoms with E-state index in [0.717, 1.165) is 17.1 Å². The van der Waals surface area contributed by atoms with E-state index in [-0.39, 0.29) is 23.7 Å². The second-order valence-corrected chi connectivity index (χ2v) is 8.02. The maximum Gasteiger partial charge on any atom is 0.352 e. The summed E-state index contributed by atoms with van der Waals surface area (Å²) in [6.07, 6.45) is 3.10. The van der Waals surface area contributed by atoms with E-state index in [4.69, 9.17) is 9.47 Å². The van der Waals surface area contributed by atoms with Gasteiger partial charge in [-0.15, -0.1) is 0 Å². The fraction of sp³-hybridized carbons (Fsp3) is 0.318. The molecule has 3 aromatic rings. The van der Waals surface area contributed by atoms with Crippen LogP contribution in [0.3, 0.4) is 0 Å². The predicted octanol–water partition coefficient (Wildman–Crippen LogP) is 2.81. The summed E-state index contributed by atoms with van der Waals surface area (Å²) < 4.78 is 13.1. The van der Waals surface area contributed by atoms with Crippen molar-refractivity contribution in [1.82, 2.24) is 19.5 Å². The fourth-order valence-corrected chi connectivity index (χ4v) is 3.32. The molecule has 0 fully saturated rings. The van der Waals surface area contributed by atoms with Gasteiger partial charge in [0.25, 0.3) is 0 Å². The average Bonchev–Trinajstić information content (AvgIpc) is 2.98. The van der Waals surface area contributed by atoms with Crippen LogP contribution in [-0.4, -0.2) is 32.1 Å². The molecular formula is C22H22N6O3. The number of aromatic nitrogens is 4. The van der Waals surface area contributed by atoms with E-state index in [9.17, 15) is 10.1 Å². The monoisotopic (exact) mass is 418 g/mol. The lowest BCUT2D eigenvalue weighted by Gasteiger charge is -2.28. The topological polar surface area (TPSA) is 106 Å². The van der Waals surface area contributed by atoms with E-state index >= 15 is 0 Å². The van der Waals surface area contributed by atoms with E-state index in [0.29, 0.717) is 23.7 Å². The van der Waals surface area contributed by atoms with Gasteiger partial charge in [-0.2, -0.15) is 10.2 Å². The van der Waals surface area contributed by atoms with Crippen LogP contribution in [0.4, 0.5) is 5.82 Å². The van der Waals surface area contributed by atoms with Crippen LogP contribution in [0.15, 0.2) is 41.5 Å². The Morgan fingerprint density at radius 3 is 2.71 bits per heavy atom. The molecule has 9 nitrogen and oxygen atoms in total. The highest BCUT2D eigenvalue weighted by Gasteiger charge is 2.34. The van der Waals surface area contributed by atoms with E-state index < -0.39 is 0 Å². The summed E-state index contributed by atoms with van der Waals surface area (Å²) in [5.41, 5.74) is 1.34. The average molecular weight is 418 g/mol. The molecule has 0 bridgehead atoms. The molecule has 1 aliphatic heterocycles. The van der Waals surface area contributed by atoms with Crippen molar-refractivity contribution in [2.45, 2.75) is 39.5 Å². The summed E-state index contributed by atoms with van der Waals surface area (Å²) in [5.74, 6) is 1.69. The molecule has 0 saturated carbocycles. The van der Waals surface area contributed by atoms with Crippen LogP contribution in [-0.2, 0) is 13.2 Å². The SMILES string of the molecule is Cc1cnc(Oc2ccc(COc3cc4n(c(=O)n3)CC(C)(C)N4C)cc2C#N)cn1. The Kier molecular flexibility index (Phi) is 5.07. The van der Waals surface area contributed by atoms with Crippen molar-refractivity contribution in [3.8, 4) is 23.6 Å². The molecule has 158 valence electrons. The molecule has 9 heteroatoms. The highest BCUT2D eigenvalue weighted by Crippen LogP contribution is 2.32.